The smallest absolute Gasteiger partial charge is 0.310 e. The second-order valence-corrected chi connectivity index (χ2v) is 6.29. The Bertz CT molecular complexity index is 383. The molecule has 0 spiro atoms. The van der Waals surface area contributed by atoms with Crippen molar-refractivity contribution >= 4 is 5.97 Å². The highest BCUT2D eigenvalue weighted by Gasteiger charge is 2.14. The van der Waals surface area contributed by atoms with Crippen LogP contribution in [0.3, 0.4) is 0 Å². The third-order valence-corrected chi connectivity index (χ3v) is 2.66. The number of hydrogen-bond donors (Lipinski definition) is 0. The third kappa shape index (κ3) is 5.35. The van der Waals surface area contributed by atoms with Gasteiger partial charge < -0.3 is 4.74 Å². The van der Waals surface area contributed by atoms with Crippen LogP contribution in [-0.4, -0.2) is 12.6 Å². The molecule has 100 valence electrons. The molecule has 18 heavy (non-hydrogen) atoms. The van der Waals surface area contributed by atoms with E-state index >= 15 is 0 Å². The van der Waals surface area contributed by atoms with Crippen LogP contribution in [0.1, 0.15) is 51.7 Å². The van der Waals surface area contributed by atoms with Gasteiger partial charge in [0.15, 0.2) is 0 Å². The summed E-state index contributed by atoms with van der Waals surface area (Å²) >= 11 is 0. The van der Waals surface area contributed by atoms with Crippen LogP contribution in [0.4, 0.5) is 0 Å². The zero-order chi connectivity index (χ0) is 13.8. The van der Waals surface area contributed by atoms with E-state index < -0.39 is 0 Å². The van der Waals surface area contributed by atoms with Crippen LogP contribution in [0.2, 0.25) is 0 Å². The quantitative estimate of drug-likeness (QED) is 0.754. The van der Waals surface area contributed by atoms with Crippen LogP contribution in [0.15, 0.2) is 24.3 Å². The van der Waals surface area contributed by atoms with Crippen LogP contribution in [-0.2, 0) is 16.0 Å². The first-order chi connectivity index (χ1) is 8.28. The van der Waals surface area contributed by atoms with Gasteiger partial charge in [0.1, 0.15) is 0 Å². The summed E-state index contributed by atoms with van der Waals surface area (Å²) in [6.07, 6.45) is 0.356. The molecule has 0 aliphatic carbocycles. The molecule has 0 N–H and O–H groups in total. The molecule has 0 bridgehead atoms. The van der Waals surface area contributed by atoms with Gasteiger partial charge in [0, 0.05) is 0 Å². The average Bonchev–Trinajstić information content (AvgIpc) is 2.26. The highest BCUT2D eigenvalue weighted by atomic mass is 16.5. The van der Waals surface area contributed by atoms with Gasteiger partial charge in [-0.15, -0.1) is 0 Å². The summed E-state index contributed by atoms with van der Waals surface area (Å²) in [6, 6.07) is 8.18. The summed E-state index contributed by atoms with van der Waals surface area (Å²) < 4.78 is 5.25. The van der Waals surface area contributed by atoms with Crippen molar-refractivity contribution in [3.8, 4) is 0 Å². The SMILES string of the molecule is CC(C)c1ccc(CC(=O)OCC(C)(C)C)cc1. The molecule has 1 aromatic carbocycles. The number of ether oxygens (including phenoxy) is 1. The van der Waals surface area contributed by atoms with Crippen molar-refractivity contribution in [1.82, 2.24) is 0 Å². The van der Waals surface area contributed by atoms with Crippen molar-refractivity contribution in [3.05, 3.63) is 35.4 Å². The van der Waals surface area contributed by atoms with Crippen molar-refractivity contribution < 1.29 is 9.53 Å². The third-order valence-electron chi connectivity index (χ3n) is 2.66. The van der Waals surface area contributed by atoms with Gasteiger partial charge in [-0.1, -0.05) is 58.9 Å². The fourth-order valence-corrected chi connectivity index (χ4v) is 1.54. The van der Waals surface area contributed by atoms with Crippen LogP contribution in [0, 0.1) is 5.41 Å². The Balaban J connectivity index is 2.50. The summed E-state index contributed by atoms with van der Waals surface area (Å²) in [7, 11) is 0. The van der Waals surface area contributed by atoms with E-state index in [2.05, 4.69) is 46.8 Å². The first kappa shape index (κ1) is 14.7. The molecular formula is C16H24O2. The Kier molecular flexibility index (Phi) is 4.94. The van der Waals surface area contributed by atoms with Crippen molar-refractivity contribution in [2.24, 2.45) is 5.41 Å². The molecule has 0 aliphatic heterocycles. The van der Waals surface area contributed by atoms with E-state index in [9.17, 15) is 4.79 Å². The van der Waals surface area contributed by atoms with Gasteiger partial charge in [0.05, 0.1) is 13.0 Å². The summed E-state index contributed by atoms with van der Waals surface area (Å²) in [5.74, 6) is 0.370. The van der Waals surface area contributed by atoms with E-state index in [-0.39, 0.29) is 11.4 Å². The highest BCUT2D eigenvalue weighted by Crippen LogP contribution is 2.16. The Morgan fingerprint density at radius 2 is 1.72 bits per heavy atom. The molecule has 0 aromatic heterocycles. The van der Waals surface area contributed by atoms with E-state index in [1.807, 2.05) is 12.1 Å². The molecule has 0 unspecified atom stereocenters. The number of rotatable bonds is 4. The van der Waals surface area contributed by atoms with Crippen LogP contribution >= 0.6 is 0 Å². The maximum atomic E-state index is 11.7. The van der Waals surface area contributed by atoms with Crippen LogP contribution in [0.5, 0.6) is 0 Å². The molecule has 0 saturated carbocycles. The predicted molar refractivity (Wildman–Crippen MR) is 74.6 cm³/mol. The van der Waals surface area contributed by atoms with Gasteiger partial charge >= 0.3 is 5.97 Å². The van der Waals surface area contributed by atoms with E-state index in [1.54, 1.807) is 0 Å². The van der Waals surface area contributed by atoms with Crippen molar-refractivity contribution in [2.75, 3.05) is 6.61 Å². The fraction of sp³-hybridized carbons (Fsp3) is 0.562. The minimum Gasteiger partial charge on any atom is -0.465 e. The molecule has 0 heterocycles. The van der Waals surface area contributed by atoms with Gasteiger partial charge in [-0.25, -0.2) is 0 Å². The molecule has 2 nitrogen and oxygen atoms in total. The summed E-state index contributed by atoms with van der Waals surface area (Å²) in [5.41, 5.74) is 2.33. The fourth-order valence-electron chi connectivity index (χ4n) is 1.54. The standard InChI is InChI=1S/C16H24O2/c1-12(2)14-8-6-13(7-9-14)10-15(17)18-11-16(3,4)5/h6-9,12H,10-11H2,1-5H3. The van der Waals surface area contributed by atoms with Crippen molar-refractivity contribution in [3.63, 3.8) is 0 Å². The number of carbonyl (C=O) groups excluding carboxylic acids is 1. The normalized spacial score (nSPS) is 11.7. The minimum absolute atomic E-state index is 0.0250. The van der Waals surface area contributed by atoms with E-state index in [0.29, 0.717) is 18.9 Å². The molecule has 0 fully saturated rings. The molecular weight excluding hydrogens is 224 g/mol. The monoisotopic (exact) mass is 248 g/mol. The Morgan fingerprint density at radius 1 is 1.17 bits per heavy atom. The summed E-state index contributed by atoms with van der Waals surface area (Å²) in [6.45, 7) is 10.9. The second kappa shape index (κ2) is 6.03. The Morgan fingerprint density at radius 3 is 2.17 bits per heavy atom. The summed E-state index contributed by atoms with van der Waals surface area (Å²) in [4.78, 5) is 11.7. The van der Waals surface area contributed by atoms with Crippen LogP contribution < -0.4 is 0 Å². The topological polar surface area (TPSA) is 26.3 Å². The van der Waals surface area contributed by atoms with Gasteiger partial charge in [-0.3, -0.25) is 4.79 Å². The highest BCUT2D eigenvalue weighted by molar-refractivity contribution is 5.72. The second-order valence-electron chi connectivity index (χ2n) is 6.29. The molecule has 1 rings (SSSR count). The van der Waals surface area contributed by atoms with E-state index in [1.165, 1.54) is 5.56 Å². The van der Waals surface area contributed by atoms with Crippen molar-refractivity contribution in [1.29, 1.82) is 0 Å². The first-order valence-corrected chi connectivity index (χ1v) is 6.52. The lowest BCUT2D eigenvalue weighted by Gasteiger charge is -2.17. The lowest BCUT2D eigenvalue weighted by molar-refractivity contribution is -0.145. The largest absolute Gasteiger partial charge is 0.465 e. The molecule has 1 aromatic rings. The van der Waals surface area contributed by atoms with E-state index in [4.69, 9.17) is 4.74 Å². The number of carbonyl (C=O) groups is 1. The van der Waals surface area contributed by atoms with Gasteiger partial charge in [-0.2, -0.15) is 0 Å². The number of esters is 1. The number of hydrogen-bond acceptors (Lipinski definition) is 2. The molecule has 0 atom stereocenters. The minimum atomic E-state index is -0.151. The predicted octanol–water partition coefficient (Wildman–Crippen LogP) is 3.94. The first-order valence-electron chi connectivity index (χ1n) is 6.52. The van der Waals surface area contributed by atoms with Crippen molar-refractivity contribution in [2.45, 2.75) is 47.0 Å². The molecule has 0 amide bonds. The molecule has 2 heteroatoms. The summed E-state index contributed by atoms with van der Waals surface area (Å²) in [5, 5.41) is 0. The zero-order valence-corrected chi connectivity index (χ0v) is 12.1. The lowest BCUT2D eigenvalue weighted by atomic mass is 9.98. The zero-order valence-electron chi connectivity index (χ0n) is 12.1. The van der Waals surface area contributed by atoms with Crippen LogP contribution in [0.25, 0.3) is 0 Å². The number of benzene rings is 1. The average molecular weight is 248 g/mol. The van der Waals surface area contributed by atoms with Gasteiger partial charge in [0.2, 0.25) is 0 Å². The molecule has 0 saturated heterocycles. The molecule has 0 aliphatic rings. The van der Waals surface area contributed by atoms with Gasteiger partial charge in [0.25, 0.3) is 0 Å². The Hall–Kier alpha value is -1.31. The van der Waals surface area contributed by atoms with Gasteiger partial charge in [-0.05, 0) is 22.5 Å². The Labute approximate surface area is 110 Å². The van der Waals surface area contributed by atoms with E-state index in [0.717, 1.165) is 5.56 Å². The lowest BCUT2D eigenvalue weighted by Crippen LogP contribution is -2.19. The maximum Gasteiger partial charge on any atom is 0.310 e. The molecule has 0 radical (unpaired) electrons. The maximum absolute atomic E-state index is 11.7.